The molecule has 178 valence electrons. The summed E-state index contributed by atoms with van der Waals surface area (Å²) in [7, 11) is 1.60. The molecule has 2 aliphatic heterocycles. The Labute approximate surface area is 196 Å². The van der Waals surface area contributed by atoms with E-state index in [0.717, 1.165) is 22.2 Å². The van der Waals surface area contributed by atoms with Crippen molar-refractivity contribution < 1.29 is 23.8 Å². The number of benzene rings is 2. The number of aromatic amines is 1. The van der Waals surface area contributed by atoms with E-state index in [-0.39, 0.29) is 24.4 Å². The number of hydrogen-bond acceptors (Lipinski definition) is 4. The smallest absolute Gasteiger partial charge is 0.321 e. The number of halogens is 1. The van der Waals surface area contributed by atoms with Gasteiger partial charge >= 0.3 is 6.03 Å². The number of aliphatic hydroxyl groups excluding tert-OH is 1. The molecular formula is C25H27FN4O4. The number of H-pyrrole nitrogens is 1. The molecule has 8 nitrogen and oxygen atoms in total. The van der Waals surface area contributed by atoms with E-state index >= 15 is 0 Å². The molecule has 1 saturated heterocycles. The summed E-state index contributed by atoms with van der Waals surface area (Å²) in [5, 5.41) is 14.0. The number of aromatic nitrogens is 1. The topological polar surface area (TPSA) is 97.9 Å². The molecule has 0 saturated carbocycles. The van der Waals surface area contributed by atoms with Crippen LogP contribution in [0.4, 0.5) is 14.9 Å². The van der Waals surface area contributed by atoms with Gasteiger partial charge < -0.3 is 29.9 Å². The molecule has 5 rings (SSSR count). The molecule has 3 amide bonds. The van der Waals surface area contributed by atoms with Crippen molar-refractivity contribution in [2.24, 2.45) is 0 Å². The number of urea groups is 1. The van der Waals surface area contributed by atoms with Crippen molar-refractivity contribution in [1.82, 2.24) is 14.8 Å². The lowest BCUT2D eigenvalue weighted by Gasteiger charge is -2.55. The summed E-state index contributed by atoms with van der Waals surface area (Å²) < 4.78 is 18.6. The number of anilines is 1. The second-order valence-electron chi connectivity index (χ2n) is 8.97. The van der Waals surface area contributed by atoms with E-state index < -0.39 is 11.5 Å². The highest BCUT2D eigenvalue weighted by atomic mass is 19.1. The summed E-state index contributed by atoms with van der Waals surface area (Å²) in [6, 6.07) is 10.6. The van der Waals surface area contributed by atoms with Gasteiger partial charge in [0.05, 0.1) is 25.2 Å². The second kappa shape index (κ2) is 8.32. The zero-order chi connectivity index (χ0) is 24.0. The molecule has 3 heterocycles. The molecule has 2 aliphatic rings. The number of ether oxygens (including phenoxy) is 1. The van der Waals surface area contributed by atoms with E-state index in [1.165, 1.54) is 24.3 Å². The predicted molar refractivity (Wildman–Crippen MR) is 125 cm³/mol. The minimum Gasteiger partial charge on any atom is -0.497 e. The number of carbonyl (C=O) groups is 2. The Morgan fingerprint density at radius 1 is 1.21 bits per heavy atom. The number of aliphatic hydroxyl groups is 1. The average Bonchev–Trinajstić information content (AvgIpc) is 3.21. The Morgan fingerprint density at radius 3 is 2.59 bits per heavy atom. The van der Waals surface area contributed by atoms with E-state index in [0.29, 0.717) is 37.5 Å². The van der Waals surface area contributed by atoms with Crippen LogP contribution in [0.1, 0.15) is 30.6 Å². The van der Waals surface area contributed by atoms with Crippen molar-refractivity contribution in [2.45, 2.75) is 24.8 Å². The highest BCUT2D eigenvalue weighted by molar-refractivity contribution is 5.92. The van der Waals surface area contributed by atoms with Crippen molar-refractivity contribution in [2.75, 3.05) is 38.7 Å². The summed E-state index contributed by atoms with van der Waals surface area (Å²) in [6.07, 6.45) is 0.324. The number of methoxy groups -OCH3 is 1. The van der Waals surface area contributed by atoms with Crippen LogP contribution in [0.5, 0.6) is 5.75 Å². The number of carbonyl (C=O) groups excluding carboxylic acids is 2. The summed E-state index contributed by atoms with van der Waals surface area (Å²) in [6.45, 7) is 2.85. The first-order chi connectivity index (χ1) is 16.4. The summed E-state index contributed by atoms with van der Waals surface area (Å²) >= 11 is 0. The molecule has 1 atom stereocenters. The van der Waals surface area contributed by atoms with Crippen LogP contribution in [0.25, 0.3) is 10.9 Å². The first-order valence-electron chi connectivity index (χ1n) is 11.3. The zero-order valence-corrected chi connectivity index (χ0v) is 19.1. The molecule has 1 aromatic heterocycles. The lowest BCUT2D eigenvalue weighted by atomic mass is 9.68. The van der Waals surface area contributed by atoms with Crippen molar-refractivity contribution >= 4 is 28.5 Å². The lowest BCUT2D eigenvalue weighted by Crippen LogP contribution is -2.68. The van der Waals surface area contributed by atoms with Gasteiger partial charge in [-0.25, -0.2) is 9.18 Å². The minimum absolute atomic E-state index is 0.0467. The second-order valence-corrected chi connectivity index (χ2v) is 8.97. The third kappa shape index (κ3) is 3.47. The maximum atomic E-state index is 13.2. The number of rotatable bonds is 4. The number of nitrogens with zero attached hydrogens (tertiary/aromatic N) is 2. The van der Waals surface area contributed by atoms with Gasteiger partial charge in [-0.3, -0.25) is 4.79 Å². The molecule has 3 N–H and O–H groups in total. The van der Waals surface area contributed by atoms with Crippen molar-refractivity contribution in [3.05, 3.63) is 59.5 Å². The van der Waals surface area contributed by atoms with Gasteiger partial charge in [0.15, 0.2) is 0 Å². The standard InChI is InChI=1S/C25H27FN4O4/c1-3-21(32)30-14-25(12-29(13-25)24(33)27-16-6-4-15(26)5-7-16)22-18-9-8-17(34-2)10-19(18)28-23(22)20(30)11-31/h4-10,20,28,31H,3,11-14H2,1-2H3,(H,27,33)/t20-/m0/s1. The minimum atomic E-state index is -0.478. The first kappa shape index (κ1) is 22.2. The first-order valence-corrected chi connectivity index (χ1v) is 11.3. The Kier molecular flexibility index (Phi) is 5.44. The van der Waals surface area contributed by atoms with E-state index in [2.05, 4.69) is 10.3 Å². The highest BCUT2D eigenvalue weighted by Gasteiger charge is 2.54. The quantitative estimate of drug-likeness (QED) is 0.549. The van der Waals surface area contributed by atoms with E-state index in [1.807, 2.05) is 18.2 Å². The van der Waals surface area contributed by atoms with E-state index in [9.17, 15) is 19.1 Å². The molecule has 2 aromatic carbocycles. The number of nitrogens with one attached hydrogen (secondary N) is 2. The molecule has 34 heavy (non-hydrogen) atoms. The van der Waals surface area contributed by atoms with Crippen molar-refractivity contribution in [1.29, 1.82) is 0 Å². The van der Waals surface area contributed by atoms with Gasteiger partial charge in [-0.05, 0) is 42.0 Å². The fourth-order valence-corrected chi connectivity index (χ4v) is 5.29. The lowest BCUT2D eigenvalue weighted by molar-refractivity contribution is -0.138. The van der Waals surface area contributed by atoms with Crippen LogP contribution >= 0.6 is 0 Å². The average molecular weight is 467 g/mol. The van der Waals surface area contributed by atoms with Gasteiger partial charge in [-0.1, -0.05) is 6.92 Å². The number of amides is 3. The van der Waals surface area contributed by atoms with Crippen LogP contribution in [0.2, 0.25) is 0 Å². The number of hydrogen-bond donors (Lipinski definition) is 3. The largest absolute Gasteiger partial charge is 0.497 e. The van der Waals surface area contributed by atoms with Crippen LogP contribution in [0.3, 0.4) is 0 Å². The summed E-state index contributed by atoms with van der Waals surface area (Å²) in [4.78, 5) is 32.5. The van der Waals surface area contributed by atoms with Crippen LogP contribution in [-0.4, -0.2) is 65.2 Å². The van der Waals surface area contributed by atoms with Crippen LogP contribution in [-0.2, 0) is 10.2 Å². The molecule has 0 unspecified atom stereocenters. The molecule has 0 radical (unpaired) electrons. The Balaban J connectivity index is 1.50. The number of likely N-dealkylation sites (tertiary alicyclic amines) is 1. The Morgan fingerprint density at radius 2 is 1.94 bits per heavy atom. The zero-order valence-electron chi connectivity index (χ0n) is 19.1. The predicted octanol–water partition coefficient (Wildman–Crippen LogP) is 3.39. The fourth-order valence-electron chi connectivity index (χ4n) is 5.29. The molecule has 3 aromatic rings. The van der Waals surface area contributed by atoms with E-state index in [1.54, 1.807) is 23.8 Å². The van der Waals surface area contributed by atoms with Gasteiger partial charge in [-0.15, -0.1) is 0 Å². The molecule has 0 aliphatic carbocycles. The van der Waals surface area contributed by atoms with Gasteiger partial charge in [-0.2, -0.15) is 0 Å². The van der Waals surface area contributed by atoms with Gasteiger partial charge in [0.1, 0.15) is 11.6 Å². The Hall–Kier alpha value is -3.59. The summed E-state index contributed by atoms with van der Waals surface area (Å²) in [5.74, 6) is 0.288. The van der Waals surface area contributed by atoms with Gasteiger partial charge in [0.2, 0.25) is 5.91 Å². The van der Waals surface area contributed by atoms with Crippen LogP contribution < -0.4 is 10.1 Å². The van der Waals surface area contributed by atoms with E-state index in [4.69, 9.17) is 4.74 Å². The maximum Gasteiger partial charge on any atom is 0.321 e. The fraction of sp³-hybridized carbons (Fsp3) is 0.360. The molecular weight excluding hydrogens is 439 g/mol. The SMILES string of the molecule is CCC(=O)N1CC2(CN(C(=O)Nc3ccc(F)cc3)C2)c2c([nH]c3cc(OC)ccc23)[C@@H]1CO. The normalized spacial score (nSPS) is 18.5. The van der Waals surface area contributed by atoms with Crippen molar-refractivity contribution in [3.8, 4) is 5.75 Å². The van der Waals surface area contributed by atoms with Crippen molar-refractivity contribution in [3.63, 3.8) is 0 Å². The molecule has 1 fully saturated rings. The number of fused-ring (bicyclic) bond motifs is 4. The third-order valence-electron chi connectivity index (χ3n) is 6.91. The van der Waals surface area contributed by atoms with Gasteiger partial charge in [0.25, 0.3) is 0 Å². The third-order valence-corrected chi connectivity index (χ3v) is 6.91. The maximum absolute atomic E-state index is 13.2. The van der Waals surface area contributed by atoms with Crippen LogP contribution in [0.15, 0.2) is 42.5 Å². The summed E-state index contributed by atoms with van der Waals surface area (Å²) in [5.41, 5.74) is 2.76. The monoisotopic (exact) mass is 466 g/mol. The molecule has 0 bridgehead atoms. The van der Waals surface area contributed by atoms with Gasteiger partial charge in [0, 0.05) is 54.4 Å². The highest BCUT2D eigenvalue weighted by Crippen LogP contribution is 2.48. The molecule has 9 heteroatoms. The van der Waals surface area contributed by atoms with Crippen LogP contribution in [0, 0.1) is 5.82 Å². The molecule has 1 spiro atoms. The Bertz CT molecular complexity index is 1250.